The van der Waals surface area contributed by atoms with Gasteiger partial charge in [-0.15, -0.1) is 0 Å². The number of anilines is 1. The monoisotopic (exact) mass is 254 g/mol. The number of aromatic amines is 1. The zero-order valence-corrected chi connectivity index (χ0v) is 11.0. The lowest BCUT2D eigenvalue weighted by atomic mass is 10.1. The molecule has 1 aliphatic carbocycles. The van der Waals surface area contributed by atoms with Crippen molar-refractivity contribution in [1.82, 2.24) is 4.98 Å². The van der Waals surface area contributed by atoms with Crippen molar-refractivity contribution in [2.45, 2.75) is 31.6 Å². The van der Waals surface area contributed by atoms with Crippen LogP contribution in [-0.4, -0.2) is 18.1 Å². The smallest absolute Gasteiger partial charge is 0.189 e. The Labute approximate surface area is 112 Å². The Morgan fingerprint density at radius 2 is 1.89 bits per heavy atom. The summed E-state index contributed by atoms with van der Waals surface area (Å²) in [7, 11) is 0. The summed E-state index contributed by atoms with van der Waals surface area (Å²) in [5.74, 6) is 0.593. The average molecular weight is 254 g/mol. The molecule has 0 spiro atoms. The highest BCUT2D eigenvalue weighted by Gasteiger charge is 2.25. The third-order valence-corrected chi connectivity index (χ3v) is 4.32. The van der Waals surface area contributed by atoms with Crippen LogP contribution >= 0.6 is 0 Å². The van der Waals surface area contributed by atoms with Crippen molar-refractivity contribution in [3.05, 3.63) is 40.2 Å². The fourth-order valence-corrected chi connectivity index (χ4v) is 3.04. The lowest BCUT2D eigenvalue weighted by molar-refractivity contribution is 0.949. The van der Waals surface area contributed by atoms with Gasteiger partial charge in [0.15, 0.2) is 5.43 Å². The summed E-state index contributed by atoms with van der Waals surface area (Å²) in [6.45, 7) is 2.23. The molecular formula is C16H18N2O. The summed E-state index contributed by atoms with van der Waals surface area (Å²) in [6, 6.07) is 8.06. The molecule has 98 valence electrons. The molecule has 1 saturated carbocycles. The Kier molecular flexibility index (Phi) is 2.40. The number of fused-ring (bicyclic) bond motifs is 1. The zero-order chi connectivity index (χ0) is 12.8. The van der Waals surface area contributed by atoms with E-state index in [1.54, 1.807) is 6.07 Å². The molecule has 2 fully saturated rings. The largest absolute Gasteiger partial charge is 0.372 e. The van der Waals surface area contributed by atoms with Crippen LogP contribution in [0.4, 0.5) is 5.69 Å². The number of hydrogen-bond acceptors (Lipinski definition) is 2. The Bertz CT molecular complexity index is 679. The third-order valence-electron chi connectivity index (χ3n) is 4.32. The van der Waals surface area contributed by atoms with Crippen LogP contribution in [0.25, 0.3) is 10.9 Å². The minimum absolute atomic E-state index is 0.164. The molecule has 2 heterocycles. The molecule has 1 aromatic heterocycles. The maximum atomic E-state index is 12.3. The molecule has 3 nitrogen and oxygen atoms in total. The Balaban J connectivity index is 1.82. The van der Waals surface area contributed by atoms with Gasteiger partial charge in [-0.1, -0.05) is 0 Å². The Morgan fingerprint density at radius 3 is 2.63 bits per heavy atom. The Morgan fingerprint density at radius 1 is 1.11 bits per heavy atom. The van der Waals surface area contributed by atoms with Crippen molar-refractivity contribution >= 4 is 16.6 Å². The van der Waals surface area contributed by atoms with Crippen LogP contribution in [0, 0.1) is 0 Å². The van der Waals surface area contributed by atoms with Gasteiger partial charge in [0.05, 0.1) is 0 Å². The van der Waals surface area contributed by atoms with E-state index < -0.39 is 0 Å². The number of nitrogens with zero attached hydrogens (tertiary/aromatic N) is 1. The van der Waals surface area contributed by atoms with E-state index >= 15 is 0 Å². The molecule has 0 amide bonds. The molecule has 1 aromatic carbocycles. The number of nitrogens with one attached hydrogen (secondary N) is 1. The van der Waals surface area contributed by atoms with E-state index in [1.165, 1.54) is 31.4 Å². The first-order chi connectivity index (χ1) is 9.31. The number of H-pyrrole nitrogens is 1. The van der Waals surface area contributed by atoms with Gasteiger partial charge in [-0.05, 0) is 49.8 Å². The molecule has 19 heavy (non-hydrogen) atoms. The Hall–Kier alpha value is -1.77. The summed E-state index contributed by atoms with van der Waals surface area (Å²) < 4.78 is 0. The molecule has 3 heteroatoms. The molecule has 0 unspecified atom stereocenters. The molecular weight excluding hydrogens is 236 g/mol. The summed E-state index contributed by atoms with van der Waals surface area (Å²) >= 11 is 0. The molecule has 2 aliphatic rings. The second kappa shape index (κ2) is 4.12. The van der Waals surface area contributed by atoms with Gasteiger partial charge in [0.2, 0.25) is 0 Å². The normalized spacial score (nSPS) is 19.3. The fourth-order valence-electron chi connectivity index (χ4n) is 3.04. The van der Waals surface area contributed by atoms with Crippen LogP contribution in [0.15, 0.2) is 29.1 Å². The minimum atomic E-state index is 0.164. The van der Waals surface area contributed by atoms with Crippen LogP contribution in [0.1, 0.15) is 37.3 Å². The topological polar surface area (TPSA) is 36.1 Å². The number of pyridine rings is 1. The molecule has 1 N–H and O–H groups in total. The van der Waals surface area contributed by atoms with Gasteiger partial charge in [-0.2, -0.15) is 0 Å². The van der Waals surface area contributed by atoms with Crippen LogP contribution in [0.2, 0.25) is 0 Å². The van der Waals surface area contributed by atoms with Gasteiger partial charge < -0.3 is 9.88 Å². The van der Waals surface area contributed by atoms with Crippen molar-refractivity contribution in [2.24, 2.45) is 0 Å². The molecule has 0 bridgehead atoms. The van der Waals surface area contributed by atoms with Crippen molar-refractivity contribution in [2.75, 3.05) is 18.0 Å². The van der Waals surface area contributed by atoms with Crippen molar-refractivity contribution in [1.29, 1.82) is 0 Å². The van der Waals surface area contributed by atoms with Crippen molar-refractivity contribution in [3.63, 3.8) is 0 Å². The van der Waals surface area contributed by atoms with Crippen molar-refractivity contribution < 1.29 is 0 Å². The SMILES string of the molecule is O=c1cc(C2CC2)[nH]c2ccc(N3CCCC3)cc12. The second-order valence-corrected chi connectivity index (χ2v) is 5.79. The maximum Gasteiger partial charge on any atom is 0.189 e. The first-order valence-electron chi connectivity index (χ1n) is 7.23. The third kappa shape index (κ3) is 1.93. The minimum Gasteiger partial charge on any atom is -0.372 e. The highest BCUT2D eigenvalue weighted by Crippen LogP contribution is 2.39. The lowest BCUT2D eigenvalue weighted by Gasteiger charge is -2.18. The average Bonchev–Trinajstić information content (AvgIpc) is 3.14. The van der Waals surface area contributed by atoms with Gasteiger partial charge >= 0.3 is 0 Å². The van der Waals surface area contributed by atoms with Gasteiger partial charge in [-0.3, -0.25) is 4.79 Å². The zero-order valence-electron chi connectivity index (χ0n) is 11.0. The van der Waals surface area contributed by atoms with Gasteiger partial charge in [0.25, 0.3) is 0 Å². The summed E-state index contributed by atoms with van der Waals surface area (Å²) in [4.78, 5) is 18.1. The van der Waals surface area contributed by atoms with E-state index in [0.29, 0.717) is 5.92 Å². The maximum absolute atomic E-state index is 12.3. The molecule has 1 aliphatic heterocycles. The van der Waals surface area contributed by atoms with Gasteiger partial charge in [0.1, 0.15) is 0 Å². The van der Waals surface area contributed by atoms with E-state index in [9.17, 15) is 4.79 Å². The summed E-state index contributed by atoms with van der Waals surface area (Å²) in [5.41, 5.74) is 3.45. The number of benzene rings is 1. The van der Waals surface area contributed by atoms with Crippen LogP contribution in [0.5, 0.6) is 0 Å². The number of rotatable bonds is 2. The summed E-state index contributed by atoms with van der Waals surface area (Å²) in [5, 5.41) is 0.828. The summed E-state index contributed by atoms with van der Waals surface area (Å²) in [6.07, 6.45) is 4.95. The van der Waals surface area contributed by atoms with Gasteiger partial charge in [0, 0.05) is 41.4 Å². The lowest BCUT2D eigenvalue weighted by Crippen LogP contribution is -2.18. The van der Waals surface area contributed by atoms with E-state index in [1.807, 2.05) is 0 Å². The van der Waals surface area contributed by atoms with Crippen LogP contribution in [-0.2, 0) is 0 Å². The van der Waals surface area contributed by atoms with Crippen LogP contribution < -0.4 is 10.3 Å². The molecule has 4 rings (SSSR count). The quantitative estimate of drug-likeness (QED) is 0.894. The molecule has 2 aromatic rings. The predicted octanol–water partition coefficient (Wildman–Crippen LogP) is 3.01. The first kappa shape index (κ1) is 11.1. The van der Waals surface area contributed by atoms with Crippen LogP contribution in [0.3, 0.4) is 0 Å². The standard InChI is InChI=1S/C16H18N2O/c19-16-10-15(11-3-4-11)17-14-6-5-12(9-13(14)16)18-7-1-2-8-18/h5-6,9-11H,1-4,7-8H2,(H,17,19). The highest BCUT2D eigenvalue weighted by molar-refractivity contribution is 5.82. The van der Waals surface area contributed by atoms with Gasteiger partial charge in [-0.25, -0.2) is 0 Å². The second-order valence-electron chi connectivity index (χ2n) is 5.79. The molecule has 0 atom stereocenters. The van der Waals surface area contributed by atoms with E-state index in [0.717, 1.165) is 29.7 Å². The number of hydrogen-bond donors (Lipinski definition) is 1. The number of aromatic nitrogens is 1. The predicted molar refractivity (Wildman–Crippen MR) is 78.0 cm³/mol. The van der Waals surface area contributed by atoms with E-state index in [-0.39, 0.29) is 5.43 Å². The molecule has 1 saturated heterocycles. The van der Waals surface area contributed by atoms with E-state index in [2.05, 4.69) is 28.1 Å². The van der Waals surface area contributed by atoms with E-state index in [4.69, 9.17) is 0 Å². The highest BCUT2D eigenvalue weighted by atomic mass is 16.1. The first-order valence-corrected chi connectivity index (χ1v) is 7.23. The fraction of sp³-hybridized carbons (Fsp3) is 0.438. The van der Waals surface area contributed by atoms with Crippen molar-refractivity contribution in [3.8, 4) is 0 Å². The molecule has 0 radical (unpaired) electrons.